The van der Waals surface area contributed by atoms with E-state index in [0.29, 0.717) is 31.5 Å². The van der Waals surface area contributed by atoms with Crippen LogP contribution >= 0.6 is 0 Å². The van der Waals surface area contributed by atoms with Gasteiger partial charge < -0.3 is 15.0 Å². The van der Waals surface area contributed by atoms with Crippen molar-refractivity contribution in [2.24, 2.45) is 5.92 Å². The van der Waals surface area contributed by atoms with E-state index in [9.17, 15) is 14.4 Å². The second-order valence-electron chi connectivity index (χ2n) is 7.32. The number of fused-ring (bicyclic) bond motifs is 1. The third-order valence-electron chi connectivity index (χ3n) is 5.29. The minimum atomic E-state index is -0.386. The number of hydrogen-bond donors (Lipinski definition) is 1. The van der Waals surface area contributed by atoms with Gasteiger partial charge in [-0.3, -0.25) is 14.4 Å². The van der Waals surface area contributed by atoms with Crippen molar-refractivity contribution in [3.63, 3.8) is 0 Å². The standard InChI is InChI=1S/C21H26N2O4/c1-3-15-4-6-16(7-5-15)21(26)22-10-8-14(2)12-19(25)23-11-9-18-20(23)17(24)13-27-18/h3-7,14,18,20H,1,8-13H2,2H3,(H,22,26). The highest BCUT2D eigenvalue weighted by Crippen LogP contribution is 2.28. The first kappa shape index (κ1) is 19.3. The Morgan fingerprint density at radius 2 is 2.11 bits per heavy atom. The van der Waals surface area contributed by atoms with Gasteiger partial charge in [-0.05, 0) is 36.5 Å². The molecule has 0 spiro atoms. The molecule has 1 N–H and O–H groups in total. The van der Waals surface area contributed by atoms with Crippen molar-refractivity contribution in [1.82, 2.24) is 10.2 Å². The summed E-state index contributed by atoms with van der Waals surface area (Å²) in [5, 5.41) is 2.89. The highest BCUT2D eigenvalue weighted by Gasteiger charge is 2.46. The van der Waals surface area contributed by atoms with Crippen LogP contribution in [-0.2, 0) is 14.3 Å². The van der Waals surface area contributed by atoms with E-state index in [0.717, 1.165) is 12.0 Å². The number of carbonyl (C=O) groups excluding carboxylic acids is 3. The fourth-order valence-corrected chi connectivity index (χ4v) is 3.70. The molecule has 0 aromatic heterocycles. The van der Waals surface area contributed by atoms with E-state index in [1.165, 1.54) is 0 Å². The summed E-state index contributed by atoms with van der Waals surface area (Å²) in [6.07, 6.45) is 3.42. The molecule has 0 aliphatic carbocycles. The van der Waals surface area contributed by atoms with Crippen molar-refractivity contribution in [3.05, 3.63) is 42.0 Å². The van der Waals surface area contributed by atoms with E-state index in [4.69, 9.17) is 4.74 Å². The Labute approximate surface area is 159 Å². The monoisotopic (exact) mass is 370 g/mol. The molecule has 2 aliphatic heterocycles. The molecule has 1 aromatic carbocycles. The van der Waals surface area contributed by atoms with Gasteiger partial charge in [0.1, 0.15) is 12.6 Å². The summed E-state index contributed by atoms with van der Waals surface area (Å²) in [6.45, 7) is 6.89. The second kappa shape index (κ2) is 8.48. The Bertz CT molecular complexity index is 728. The van der Waals surface area contributed by atoms with Crippen LogP contribution in [0.15, 0.2) is 30.8 Å². The molecule has 6 nitrogen and oxygen atoms in total. The number of amides is 2. The molecule has 3 rings (SSSR count). The Morgan fingerprint density at radius 3 is 2.81 bits per heavy atom. The molecule has 2 amide bonds. The Morgan fingerprint density at radius 1 is 1.37 bits per heavy atom. The molecule has 3 atom stereocenters. The Kier molecular flexibility index (Phi) is 6.06. The number of benzene rings is 1. The second-order valence-corrected chi connectivity index (χ2v) is 7.32. The summed E-state index contributed by atoms with van der Waals surface area (Å²) in [6, 6.07) is 6.84. The molecule has 27 heavy (non-hydrogen) atoms. The number of hydrogen-bond acceptors (Lipinski definition) is 4. The van der Waals surface area contributed by atoms with E-state index >= 15 is 0 Å². The number of carbonyl (C=O) groups is 3. The number of Topliss-reactive ketones (excluding diaryl/α,β-unsaturated/α-hetero) is 1. The molecule has 0 radical (unpaired) electrons. The van der Waals surface area contributed by atoms with E-state index < -0.39 is 0 Å². The summed E-state index contributed by atoms with van der Waals surface area (Å²) in [4.78, 5) is 38.3. The molecule has 2 saturated heterocycles. The lowest BCUT2D eigenvalue weighted by molar-refractivity contribution is -0.137. The molecule has 144 valence electrons. The van der Waals surface area contributed by atoms with Crippen LogP contribution in [0.4, 0.5) is 0 Å². The van der Waals surface area contributed by atoms with E-state index in [1.54, 1.807) is 23.1 Å². The fourth-order valence-electron chi connectivity index (χ4n) is 3.70. The largest absolute Gasteiger partial charge is 0.368 e. The van der Waals surface area contributed by atoms with E-state index in [-0.39, 0.29) is 42.3 Å². The summed E-state index contributed by atoms with van der Waals surface area (Å²) in [7, 11) is 0. The lowest BCUT2D eigenvalue weighted by Gasteiger charge is -2.23. The van der Waals surface area contributed by atoms with Crippen LogP contribution in [-0.4, -0.2) is 54.3 Å². The predicted octanol–water partition coefficient (Wildman–Crippen LogP) is 2.04. The molecule has 1 aromatic rings. The minimum Gasteiger partial charge on any atom is -0.368 e. The van der Waals surface area contributed by atoms with Crippen LogP contribution in [0.2, 0.25) is 0 Å². The molecule has 2 fully saturated rings. The number of nitrogens with zero attached hydrogens (tertiary/aromatic N) is 1. The van der Waals surface area contributed by atoms with Crippen molar-refractivity contribution in [1.29, 1.82) is 0 Å². The van der Waals surface area contributed by atoms with Crippen LogP contribution < -0.4 is 5.32 Å². The fraction of sp³-hybridized carbons (Fsp3) is 0.476. The maximum absolute atomic E-state index is 12.5. The van der Waals surface area contributed by atoms with Crippen LogP contribution in [0.25, 0.3) is 6.08 Å². The van der Waals surface area contributed by atoms with Gasteiger partial charge in [0.15, 0.2) is 5.78 Å². The third kappa shape index (κ3) is 4.45. The minimum absolute atomic E-state index is 0.000176. The molecule has 6 heteroatoms. The van der Waals surface area contributed by atoms with Gasteiger partial charge in [0, 0.05) is 25.1 Å². The van der Waals surface area contributed by atoms with Gasteiger partial charge in [0.05, 0.1) is 6.10 Å². The first-order chi connectivity index (χ1) is 13.0. The molecule has 2 aliphatic rings. The van der Waals surface area contributed by atoms with Crippen LogP contribution in [0.3, 0.4) is 0 Å². The van der Waals surface area contributed by atoms with Gasteiger partial charge in [0.25, 0.3) is 5.91 Å². The molecule has 0 saturated carbocycles. The van der Waals surface area contributed by atoms with Crippen molar-refractivity contribution in [2.45, 2.75) is 38.3 Å². The summed E-state index contributed by atoms with van der Waals surface area (Å²) < 4.78 is 5.43. The van der Waals surface area contributed by atoms with Gasteiger partial charge in [-0.1, -0.05) is 31.7 Å². The molecule has 2 heterocycles. The first-order valence-electron chi connectivity index (χ1n) is 9.44. The van der Waals surface area contributed by atoms with Gasteiger partial charge in [-0.2, -0.15) is 0 Å². The van der Waals surface area contributed by atoms with Gasteiger partial charge in [-0.25, -0.2) is 0 Å². The van der Waals surface area contributed by atoms with Crippen LogP contribution in [0.5, 0.6) is 0 Å². The maximum atomic E-state index is 12.5. The van der Waals surface area contributed by atoms with Gasteiger partial charge in [0.2, 0.25) is 5.91 Å². The zero-order valence-electron chi connectivity index (χ0n) is 15.6. The van der Waals surface area contributed by atoms with Crippen LogP contribution in [0.1, 0.15) is 42.1 Å². The van der Waals surface area contributed by atoms with Crippen LogP contribution in [0, 0.1) is 5.92 Å². The average Bonchev–Trinajstić information content (AvgIpc) is 3.25. The number of nitrogens with one attached hydrogen (secondary N) is 1. The van der Waals surface area contributed by atoms with Crippen molar-refractivity contribution < 1.29 is 19.1 Å². The number of ether oxygens (including phenoxy) is 1. The first-order valence-corrected chi connectivity index (χ1v) is 9.44. The zero-order chi connectivity index (χ0) is 19.4. The Hall–Kier alpha value is -2.47. The number of ketones is 1. The van der Waals surface area contributed by atoms with Crippen molar-refractivity contribution >= 4 is 23.7 Å². The molecule has 0 bridgehead atoms. The maximum Gasteiger partial charge on any atom is 0.251 e. The third-order valence-corrected chi connectivity index (χ3v) is 5.29. The lowest BCUT2D eigenvalue weighted by atomic mass is 10.0. The molecule has 3 unspecified atom stereocenters. The van der Waals surface area contributed by atoms with Gasteiger partial charge in [-0.15, -0.1) is 0 Å². The number of rotatable bonds is 7. The highest BCUT2D eigenvalue weighted by atomic mass is 16.5. The smallest absolute Gasteiger partial charge is 0.251 e. The topological polar surface area (TPSA) is 75.7 Å². The zero-order valence-corrected chi connectivity index (χ0v) is 15.6. The normalized spacial score (nSPS) is 22.4. The average molecular weight is 370 g/mol. The SMILES string of the molecule is C=Cc1ccc(C(=O)NCCC(C)CC(=O)N2CCC3OCC(=O)C32)cc1. The van der Waals surface area contributed by atoms with Crippen molar-refractivity contribution in [2.75, 3.05) is 19.7 Å². The summed E-state index contributed by atoms with van der Waals surface area (Å²) in [5.41, 5.74) is 1.57. The summed E-state index contributed by atoms with van der Waals surface area (Å²) >= 11 is 0. The van der Waals surface area contributed by atoms with E-state index in [1.807, 2.05) is 19.1 Å². The molecular formula is C21H26N2O4. The predicted molar refractivity (Wildman–Crippen MR) is 102 cm³/mol. The summed E-state index contributed by atoms with van der Waals surface area (Å²) in [5.74, 6) is 0.00562. The van der Waals surface area contributed by atoms with Crippen molar-refractivity contribution in [3.8, 4) is 0 Å². The quantitative estimate of drug-likeness (QED) is 0.797. The molecular weight excluding hydrogens is 344 g/mol. The highest BCUT2D eigenvalue weighted by molar-refractivity contribution is 5.94. The van der Waals surface area contributed by atoms with E-state index in [2.05, 4.69) is 11.9 Å². The lowest BCUT2D eigenvalue weighted by Crippen LogP contribution is -2.42. The number of likely N-dealkylation sites (tertiary alicyclic amines) is 1. The Balaban J connectivity index is 1.42. The van der Waals surface area contributed by atoms with Gasteiger partial charge >= 0.3 is 0 Å².